The number of nitrogens with one attached hydrogen (secondary N) is 1. The Labute approximate surface area is 105 Å². The van der Waals surface area contributed by atoms with Gasteiger partial charge in [0.05, 0.1) is 0 Å². The Bertz CT molecular complexity index is 442. The third-order valence-corrected chi connectivity index (χ3v) is 3.93. The van der Waals surface area contributed by atoms with Crippen LogP contribution in [0.15, 0.2) is 30.3 Å². The van der Waals surface area contributed by atoms with E-state index in [9.17, 15) is 9.18 Å². The summed E-state index contributed by atoms with van der Waals surface area (Å²) in [5.74, 6) is 0. The molecule has 3 nitrogen and oxygen atoms in total. The lowest BCUT2D eigenvalue weighted by atomic mass is 9.77. The molecule has 1 amide bonds. The Balaban J connectivity index is 1.38. The number of rotatable bonds is 3. The lowest BCUT2D eigenvalue weighted by Crippen LogP contribution is -2.46. The second kappa shape index (κ2) is 4.26. The van der Waals surface area contributed by atoms with E-state index >= 15 is 0 Å². The van der Waals surface area contributed by atoms with E-state index in [2.05, 4.69) is 5.32 Å². The largest absolute Gasteiger partial charge is 0.445 e. The van der Waals surface area contributed by atoms with E-state index in [1.165, 1.54) is 0 Å². The molecule has 4 heteroatoms. The molecule has 2 saturated carbocycles. The van der Waals surface area contributed by atoms with E-state index < -0.39 is 12.3 Å². The molecular weight excluding hydrogens is 233 g/mol. The summed E-state index contributed by atoms with van der Waals surface area (Å²) in [5, 5.41) is 2.77. The van der Waals surface area contributed by atoms with Gasteiger partial charge in [0.2, 0.25) is 0 Å². The topological polar surface area (TPSA) is 38.3 Å². The van der Waals surface area contributed by atoms with Gasteiger partial charge in [-0.3, -0.25) is 0 Å². The van der Waals surface area contributed by atoms with Crippen LogP contribution in [-0.2, 0) is 11.3 Å². The zero-order valence-electron chi connectivity index (χ0n) is 10.1. The van der Waals surface area contributed by atoms with Gasteiger partial charge in [-0.15, -0.1) is 0 Å². The fourth-order valence-corrected chi connectivity index (χ4v) is 2.68. The van der Waals surface area contributed by atoms with Crippen molar-refractivity contribution in [1.29, 1.82) is 0 Å². The van der Waals surface area contributed by atoms with E-state index in [-0.39, 0.29) is 18.1 Å². The highest BCUT2D eigenvalue weighted by Crippen LogP contribution is 2.62. The average Bonchev–Trinajstić information content (AvgIpc) is 2.99. The summed E-state index contributed by atoms with van der Waals surface area (Å²) >= 11 is 0. The number of amides is 1. The molecule has 96 valence electrons. The molecule has 1 unspecified atom stereocenters. The second-order valence-corrected chi connectivity index (χ2v) is 5.35. The molecule has 0 saturated heterocycles. The normalized spacial score (nSPS) is 32.7. The van der Waals surface area contributed by atoms with Gasteiger partial charge in [0.1, 0.15) is 12.8 Å². The van der Waals surface area contributed by atoms with E-state index in [0.717, 1.165) is 18.4 Å². The highest BCUT2D eigenvalue weighted by atomic mass is 19.1. The van der Waals surface area contributed by atoms with Crippen molar-refractivity contribution in [2.24, 2.45) is 5.41 Å². The van der Waals surface area contributed by atoms with Crippen LogP contribution < -0.4 is 5.32 Å². The Morgan fingerprint density at radius 1 is 1.33 bits per heavy atom. The summed E-state index contributed by atoms with van der Waals surface area (Å²) in [5.41, 5.74) is 0.876. The van der Waals surface area contributed by atoms with Gasteiger partial charge in [-0.25, -0.2) is 9.18 Å². The molecule has 18 heavy (non-hydrogen) atoms. The van der Waals surface area contributed by atoms with E-state index in [1.807, 2.05) is 30.3 Å². The molecule has 0 heterocycles. The molecule has 3 rings (SSSR count). The van der Waals surface area contributed by atoms with Crippen LogP contribution in [0.25, 0.3) is 0 Å². The number of carbonyl (C=O) groups is 1. The van der Waals surface area contributed by atoms with Crippen molar-refractivity contribution in [1.82, 2.24) is 5.32 Å². The van der Waals surface area contributed by atoms with E-state index in [4.69, 9.17) is 4.74 Å². The van der Waals surface area contributed by atoms with Crippen molar-refractivity contribution in [3.8, 4) is 0 Å². The Morgan fingerprint density at radius 3 is 2.61 bits per heavy atom. The molecule has 0 aliphatic heterocycles. The van der Waals surface area contributed by atoms with Crippen LogP contribution in [0.5, 0.6) is 0 Å². The molecular formula is C14H16FNO2. The van der Waals surface area contributed by atoms with Crippen molar-refractivity contribution in [3.05, 3.63) is 35.9 Å². The minimum atomic E-state index is -0.643. The molecule has 0 radical (unpaired) electrons. The Morgan fingerprint density at radius 2 is 2.00 bits per heavy atom. The monoisotopic (exact) mass is 249 g/mol. The molecule has 0 bridgehead atoms. The predicted octanol–water partition coefficient (Wildman–Crippen LogP) is 2.80. The van der Waals surface area contributed by atoms with Gasteiger partial charge in [-0.1, -0.05) is 30.3 Å². The number of carbonyl (C=O) groups excluding carboxylic acids is 1. The predicted molar refractivity (Wildman–Crippen MR) is 64.7 cm³/mol. The standard InChI is InChI=1S/C14H16FNO2/c15-12-8-14(12)6-11(7-14)16-13(17)18-9-10-4-2-1-3-5-10/h1-5,11-12H,6-9H2,(H,16,17). The number of hydrogen-bond acceptors (Lipinski definition) is 2. The number of ether oxygens (including phenoxy) is 1. The van der Waals surface area contributed by atoms with Crippen LogP contribution >= 0.6 is 0 Å². The summed E-state index contributed by atoms with van der Waals surface area (Å²) in [7, 11) is 0. The minimum Gasteiger partial charge on any atom is -0.445 e. The molecule has 1 aromatic rings. The highest BCUT2D eigenvalue weighted by molar-refractivity contribution is 5.67. The molecule has 0 aromatic heterocycles. The van der Waals surface area contributed by atoms with Gasteiger partial charge in [-0.2, -0.15) is 0 Å². The zero-order valence-corrected chi connectivity index (χ0v) is 10.1. The third-order valence-electron chi connectivity index (χ3n) is 3.93. The number of halogens is 1. The van der Waals surface area contributed by atoms with Crippen molar-refractivity contribution < 1.29 is 13.9 Å². The Kier molecular flexibility index (Phi) is 2.73. The fourth-order valence-electron chi connectivity index (χ4n) is 2.68. The number of hydrogen-bond donors (Lipinski definition) is 1. The first-order chi connectivity index (χ1) is 8.68. The maximum atomic E-state index is 12.9. The van der Waals surface area contributed by atoms with Crippen LogP contribution in [0, 0.1) is 5.41 Å². The number of alkyl halides is 1. The van der Waals surface area contributed by atoms with Gasteiger partial charge >= 0.3 is 6.09 Å². The van der Waals surface area contributed by atoms with Crippen molar-refractivity contribution in [2.75, 3.05) is 0 Å². The molecule has 1 N–H and O–H groups in total. The van der Waals surface area contributed by atoms with Crippen LogP contribution in [-0.4, -0.2) is 18.3 Å². The molecule has 2 aliphatic rings. The van der Waals surface area contributed by atoms with Crippen LogP contribution in [0.1, 0.15) is 24.8 Å². The quantitative estimate of drug-likeness (QED) is 0.894. The summed E-state index contributed by atoms with van der Waals surface area (Å²) in [6, 6.07) is 9.63. The molecule has 2 aliphatic carbocycles. The van der Waals surface area contributed by atoms with Gasteiger partial charge in [-0.05, 0) is 24.8 Å². The van der Waals surface area contributed by atoms with Gasteiger partial charge < -0.3 is 10.1 Å². The first kappa shape index (κ1) is 11.5. The lowest BCUT2D eigenvalue weighted by molar-refractivity contribution is 0.111. The van der Waals surface area contributed by atoms with E-state index in [0.29, 0.717) is 6.42 Å². The van der Waals surface area contributed by atoms with Crippen molar-refractivity contribution in [2.45, 2.75) is 38.1 Å². The SMILES string of the molecule is O=C(NC1CC2(C1)CC2F)OCc1ccccc1. The van der Waals surface area contributed by atoms with Gasteiger partial charge in [0.15, 0.2) is 0 Å². The van der Waals surface area contributed by atoms with E-state index in [1.54, 1.807) is 0 Å². The van der Waals surface area contributed by atoms with Crippen LogP contribution in [0.2, 0.25) is 0 Å². The Hall–Kier alpha value is -1.58. The molecule has 1 atom stereocenters. The first-order valence-corrected chi connectivity index (χ1v) is 6.29. The van der Waals surface area contributed by atoms with Gasteiger partial charge in [0, 0.05) is 11.5 Å². The average molecular weight is 249 g/mol. The molecule has 1 aromatic carbocycles. The minimum absolute atomic E-state index is 0.0859. The van der Waals surface area contributed by atoms with Crippen molar-refractivity contribution in [3.63, 3.8) is 0 Å². The maximum Gasteiger partial charge on any atom is 0.407 e. The lowest BCUT2D eigenvalue weighted by Gasteiger charge is -2.35. The summed E-state index contributed by atoms with van der Waals surface area (Å²) in [6.07, 6.45) is 1.14. The number of alkyl carbamates (subject to hydrolysis) is 1. The third kappa shape index (κ3) is 2.19. The summed E-state index contributed by atoms with van der Waals surface area (Å²) in [6.45, 7) is 0.274. The second-order valence-electron chi connectivity index (χ2n) is 5.35. The fraction of sp³-hybridized carbons (Fsp3) is 0.500. The maximum absolute atomic E-state index is 12.9. The summed E-state index contributed by atoms with van der Waals surface area (Å²) < 4.78 is 18.1. The first-order valence-electron chi connectivity index (χ1n) is 6.29. The van der Waals surface area contributed by atoms with Crippen LogP contribution in [0.4, 0.5) is 9.18 Å². The van der Waals surface area contributed by atoms with Gasteiger partial charge in [0.25, 0.3) is 0 Å². The molecule has 2 fully saturated rings. The zero-order chi connectivity index (χ0) is 12.6. The summed E-state index contributed by atoms with van der Waals surface area (Å²) in [4.78, 5) is 11.5. The van der Waals surface area contributed by atoms with Crippen molar-refractivity contribution >= 4 is 6.09 Å². The highest BCUT2D eigenvalue weighted by Gasteiger charge is 2.62. The smallest absolute Gasteiger partial charge is 0.407 e. The molecule has 1 spiro atoms. The van der Waals surface area contributed by atoms with Crippen LogP contribution in [0.3, 0.4) is 0 Å². The number of benzene rings is 1.